The molecule has 4 aromatic carbocycles. The monoisotopic (exact) mass is 954 g/mol. The van der Waals surface area contributed by atoms with Gasteiger partial charge in [-0.2, -0.15) is 10.5 Å². The maximum atomic E-state index is 13.0. The lowest BCUT2D eigenvalue weighted by Crippen LogP contribution is -2.31. The number of nitrogens with zero attached hydrogens (tertiary/aromatic N) is 6. The number of pyridine rings is 2. The fourth-order valence-electron chi connectivity index (χ4n) is 6.39. The number of benzene rings is 4. The highest BCUT2D eigenvalue weighted by Crippen LogP contribution is 2.36. The Morgan fingerprint density at radius 2 is 1.13 bits per heavy atom. The van der Waals surface area contributed by atoms with Gasteiger partial charge in [0.1, 0.15) is 15.2 Å². The molecule has 0 unspecified atom stereocenters. The first-order valence-electron chi connectivity index (χ1n) is 18.1. The molecule has 0 spiro atoms. The van der Waals surface area contributed by atoms with E-state index >= 15 is 0 Å². The van der Waals surface area contributed by atoms with Gasteiger partial charge >= 0.3 is 7.12 Å². The number of anilines is 2. The van der Waals surface area contributed by atoms with Gasteiger partial charge in [-0.05, 0) is 143 Å². The zero-order chi connectivity index (χ0) is 43.0. The molecule has 2 aliphatic heterocycles. The van der Waals surface area contributed by atoms with E-state index in [1.807, 2.05) is 54.6 Å². The van der Waals surface area contributed by atoms with Gasteiger partial charge < -0.3 is 19.5 Å². The number of rotatable bonds is 8. The lowest BCUT2D eigenvalue weighted by atomic mass is 9.79. The highest BCUT2D eigenvalue weighted by Gasteiger charge is 2.32. The minimum Gasteiger partial charge on any atom is -0.495 e. The molecule has 8 rings (SSSR count). The van der Waals surface area contributed by atoms with Crippen molar-refractivity contribution in [2.24, 2.45) is 0 Å². The molecule has 0 fully saturated rings. The topological polar surface area (TPSA) is 207 Å². The average Bonchev–Trinajstić information content (AvgIpc) is 3.92. The molecular formula is C42H36BIN6O8S2. The van der Waals surface area contributed by atoms with Gasteiger partial charge in [0.2, 0.25) is 0 Å². The number of methoxy groups -OCH3 is 2. The van der Waals surface area contributed by atoms with Gasteiger partial charge in [-0.25, -0.2) is 21.8 Å². The second kappa shape index (κ2) is 18.9. The summed E-state index contributed by atoms with van der Waals surface area (Å²) in [7, 11) is -5.74. The third kappa shape index (κ3) is 9.70. The lowest BCUT2D eigenvalue weighted by Gasteiger charge is -2.19. The summed E-state index contributed by atoms with van der Waals surface area (Å²) in [5.74, 6) is 1.49. The molecule has 304 valence electrons. The maximum absolute atomic E-state index is 13.0. The van der Waals surface area contributed by atoms with Crippen molar-refractivity contribution in [2.45, 2.75) is 22.6 Å². The molecule has 14 nitrogen and oxygen atoms in total. The first-order chi connectivity index (χ1) is 28.8. The first-order valence-corrected chi connectivity index (χ1v) is 22.1. The van der Waals surface area contributed by atoms with Crippen molar-refractivity contribution < 1.29 is 36.4 Å². The van der Waals surface area contributed by atoms with Gasteiger partial charge in [0.25, 0.3) is 20.0 Å². The van der Waals surface area contributed by atoms with E-state index in [1.54, 1.807) is 38.7 Å². The number of aromatic nitrogens is 2. The molecule has 2 aliphatic rings. The van der Waals surface area contributed by atoms with E-state index in [9.17, 15) is 26.9 Å². The number of ether oxygens (including phenoxy) is 2. The van der Waals surface area contributed by atoms with Crippen molar-refractivity contribution in [3.63, 3.8) is 0 Å². The molecule has 0 aliphatic carbocycles. The number of halogens is 1. The first kappa shape index (κ1) is 43.6. The summed E-state index contributed by atoms with van der Waals surface area (Å²) in [6.07, 6.45) is 4.49. The molecular weight excluding hydrogens is 918 g/mol. The van der Waals surface area contributed by atoms with Crippen LogP contribution in [0.4, 0.5) is 11.4 Å². The summed E-state index contributed by atoms with van der Waals surface area (Å²) in [6, 6.07) is 33.6. The number of nitriles is 2. The summed E-state index contributed by atoms with van der Waals surface area (Å²) in [5.41, 5.74) is 5.84. The van der Waals surface area contributed by atoms with Gasteiger partial charge in [-0.3, -0.25) is 13.6 Å². The third-order valence-electron chi connectivity index (χ3n) is 9.53. The SMILES string of the molecule is COc1ccc(-c2ccc3c(c2)CCN3S(=O)(=O)c2ccc(C#N)cc2)nc1.COc1ccc(I)nc1.N#Cc1ccc(S(=O)(=O)N2CCc3cc(B(O)O)ccc32)cc1. The highest BCUT2D eigenvalue weighted by molar-refractivity contribution is 14.1. The zero-order valence-electron chi connectivity index (χ0n) is 32.2. The lowest BCUT2D eigenvalue weighted by molar-refractivity contribution is 0.412. The van der Waals surface area contributed by atoms with Crippen LogP contribution in [0, 0.1) is 26.4 Å². The number of hydrogen-bond donors (Lipinski definition) is 2. The fraction of sp³-hybridized carbons (Fsp3) is 0.143. The molecule has 6 aromatic rings. The molecule has 2 N–H and O–H groups in total. The largest absolute Gasteiger partial charge is 0.495 e. The van der Waals surface area contributed by atoms with Crippen LogP contribution in [0.5, 0.6) is 11.5 Å². The maximum Gasteiger partial charge on any atom is 0.488 e. The summed E-state index contributed by atoms with van der Waals surface area (Å²) >= 11 is 2.15. The van der Waals surface area contributed by atoms with Crippen LogP contribution in [0.3, 0.4) is 0 Å². The summed E-state index contributed by atoms with van der Waals surface area (Å²) in [5, 5.41) is 36.1. The zero-order valence-corrected chi connectivity index (χ0v) is 36.0. The third-order valence-corrected chi connectivity index (χ3v) is 13.8. The molecule has 0 amide bonds. The predicted octanol–water partition coefficient (Wildman–Crippen LogP) is 5.06. The Kier molecular flexibility index (Phi) is 13.7. The Bertz CT molecular complexity index is 2780. The molecule has 4 heterocycles. The van der Waals surface area contributed by atoms with Crippen LogP contribution in [0.15, 0.2) is 131 Å². The normalized spacial score (nSPS) is 12.7. The van der Waals surface area contributed by atoms with Crippen LogP contribution >= 0.6 is 22.6 Å². The molecule has 0 saturated carbocycles. The Morgan fingerprint density at radius 1 is 0.650 bits per heavy atom. The quantitative estimate of drug-likeness (QED) is 0.117. The minimum atomic E-state index is -3.71. The van der Waals surface area contributed by atoms with Crippen molar-refractivity contribution >= 4 is 66.6 Å². The molecule has 2 aromatic heterocycles. The average molecular weight is 955 g/mol. The van der Waals surface area contributed by atoms with Crippen LogP contribution in [-0.4, -0.2) is 71.3 Å². The van der Waals surface area contributed by atoms with E-state index in [0.29, 0.717) is 59.6 Å². The van der Waals surface area contributed by atoms with Crippen LogP contribution in [-0.2, 0) is 32.9 Å². The summed E-state index contributed by atoms with van der Waals surface area (Å²) in [6.45, 7) is 0.680. The van der Waals surface area contributed by atoms with Gasteiger partial charge in [0, 0.05) is 18.7 Å². The number of hydrogen-bond acceptors (Lipinski definition) is 12. The highest BCUT2D eigenvalue weighted by atomic mass is 127. The number of sulfonamides is 2. The molecule has 0 atom stereocenters. The van der Waals surface area contributed by atoms with Crippen molar-refractivity contribution in [2.75, 3.05) is 35.9 Å². The van der Waals surface area contributed by atoms with E-state index in [1.165, 1.54) is 63.2 Å². The molecule has 18 heteroatoms. The van der Waals surface area contributed by atoms with Gasteiger partial charge in [0.15, 0.2) is 0 Å². The van der Waals surface area contributed by atoms with Crippen LogP contribution in [0.1, 0.15) is 22.3 Å². The smallest absolute Gasteiger partial charge is 0.488 e. The van der Waals surface area contributed by atoms with Crippen molar-refractivity contribution in [1.29, 1.82) is 10.5 Å². The van der Waals surface area contributed by atoms with E-state index in [4.69, 9.17) is 20.0 Å². The second-order valence-electron chi connectivity index (χ2n) is 13.1. The summed E-state index contributed by atoms with van der Waals surface area (Å²) < 4.78 is 65.3. The summed E-state index contributed by atoms with van der Waals surface area (Å²) in [4.78, 5) is 8.71. The van der Waals surface area contributed by atoms with E-state index in [0.717, 1.165) is 31.8 Å². The van der Waals surface area contributed by atoms with Crippen molar-refractivity contribution in [3.8, 4) is 34.9 Å². The molecule has 0 saturated heterocycles. The van der Waals surface area contributed by atoms with Crippen molar-refractivity contribution in [3.05, 3.63) is 148 Å². The van der Waals surface area contributed by atoms with E-state index < -0.39 is 27.2 Å². The number of fused-ring (bicyclic) bond motifs is 2. The second-order valence-corrected chi connectivity index (χ2v) is 18.0. The Balaban J connectivity index is 0.000000169. The standard InChI is InChI=1S/C21H17N3O3S.C15H13BN2O4S.C6H6INO/c1-27-18-5-8-20(23-14-18)16-4-9-21-17(12-16)10-11-24(21)28(25,26)19-6-2-15(13-22)3-7-19;17-10-11-1-4-14(5-2-11)23(21,22)18-8-7-12-9-13(16(19)20)3-6-15(12)18;1-9-5-2-3-6(7)8-4-5/h2-9,12,14H,10-11H2,1H3;1-6,9,19-20H,7-8H2;2-4H,1H3. The van der Waals surface area contributed by atoms with Crippen LogP contribution in [0.25, 0.3) is 11.3 Å². The molecule has 60 heavy (non-hydrogen) atoms. The Labute approximate surface area is 362 Å². The van der Waals surface area contributed by atoms with Crippen LogP contribution in [0.2, 0.25) is 0 Å². The predicted molar refractivity (Wildman–Crippen MR) is 235 cm³/mol. The Morgan fingerprint density at radius 3 is 1.57 bits per heavy atom. The Hall–Kier alpha value is -6.03. The molecule has 0 bridgehead atoms. The van der Waals surface area contributed by atoms with E-state index in [-0.39, 0.29) is 9.79 Å². The fourth-order valence-corrected chi connectivity index (χ4v) is 9.72. The molecule has 0 radical (unpaired) electrons. The van der Waals surface area contributed by atoms with Gasteiger partial charge in [0.05, 0.1) is 76.7 Å². The minimum absolute atomic E-state index is 0.121. The van der Waals surface area contributed by atoms with Crippen LogP contribution < -0.4 is 23.5 Å². The van der Waals surface area contributed by atoms with Gasteiger partial charge in [-0.1, -0.05) is 18.2 Å². The van der Waals surface area contributed by atoms with Gasteiger partial charge in [-0.15, -0.1) is 0 Å². The van der Waals surface area contributed by atoms with Crippen molar-refractivity contribution in [1.82, 2.24) is 9.97 Å². The van der Waals surface area contributed by atoms with E-state index in [2.05, 4.69) is 32.6 Å².